The highest BCUT2D eigenvalue weighted by molar-refractivity contribution is 7.11. The van der Waals surface area contributed by atoms with E-state index in [9.17, 15) is 0 Å². The van der Waals surface area contributed by atoms with Crippen LogP contribution >= 0.6 is 11.3 Å². The van der Waals surface area contributed by atoms with E-state index in [1.807, 2.05) is 6.92 Å². The molecule has 2 aromatic rings. The van der Waals surface area contributed by atoms with Gasteiger partial charge in [0.1, 0.15) is 15.8 Å². The average Bonchev–Trinajstić information content (AvgIpc) is 3.02. The Hall–Kier alpha value is -1.50. The van der Waals surface area contributed by atoms with Gasteiger partial charge in [-0.3, -0.25) is 4.90 Å². The molecule has 1 spiro atoms. The number of fused-ring (bicyclic) bond motifs is 2. The molecule has 0 saturated carbocycles. The maximum Gasteiger partial charge on any atom is 0.131 e. The Bertz CT molecular complexity index is 723. The quantitative estimate of drug-likeness (QED) is 0.856. The normalized spacial score (nSPS) is 20.1. The first-order valence-electron chi connectivity index (χ1n) is 8.51. The summed E-state index contributed by atoms with van der Waals surface area (Å²) in [6.45, 7) is 5.77. The summed E-state index contributed by atoms with van der Waals surface area (Å²) in [5.74, 6) is 0.940. The van der Waals surface area contributed by atoms with Crippen molar-refractivity contribution in [3.63, 3.8) is 0 Å². The minimum Gasteiger partial charge on any atom is -0.497 e. The molecule has 6 heteroatoms. The highest BCUT2D eigenvalue weighted by atomic mass is 32.1. The van der Waals surface area contributed by atoms with E-state index < -0.39 is 0 Å². The lowest BCUT2D eigenvalue weighted by molar-refractivity contribution is -0.0989. The molecular weight excluding hydrogens is 322 g/mol. The van der Waals surface area contributed by atoms with Crippen LogP contribution < -0.4 is 4.74 Å². The summed E-state index contributed by atoms with van der Waals surface area (Å²) in [5, 5.41) is 10.5. The molecule has 0 unspecified atom stereocenters. The third-order valence-corrected chi connectivity index (χ3v) is 5.97. The Kier molecular flexibility index (Phi) is 4.28. The Morgan fingerprint density at radius 2 is 2.12 bits per heavy atom. The fourth-order valence-corrected chi connectivity index (χ4v) is 4.61. The minimum atomic E-state index is -0.118. The van der Waals surface area contributed by atoms with Crippen molar-refractivity contribution in [3.05, 3.63) is 39.3 Å². The molecule has 0 atom stereocenters. The minimum absolute atomic E-state index is 0.118. The van der Waals surface area contributed by atoms with Crippen LogP contribution in [-0.2, 0) is 23.3 Å². The maximum absolute atomic E-state index is 6.32. The Morgan fingerprint density at radius 1 is 1.29 bits per heavy atom. The van der Waals surface area contributed by atoms with Crippen molar-refractivity contribution in [1.29, 1.82) is 0 Å². The Labute approximate surface area is 146 Å². The molecule has 0 amide bonds. The van der Waals surface area contributed by atoms with Gasteiger partial charge in [0.2, 0.25) is 0 Å². The second-order valence-corrected chi connectivity index (χ2v) is 7.87. The molecule has 0 radical (unpaired) electrons. The van der Waals surface area contributed by atoms with Crippen LogP contribution in [0.25, 0.3) is 0 Å². The van der Waals surface area contributed by atoms with Gasteiger partial charge >= 0.3 is 0 Å². The van der Waals surface area contributed by atoms with Gasteiger partial charge in [-0.25, -0.2) is 0 Å². The summed E-state index contributed by atoms with van der Waals surface area (Å²) in [4.78, 5) is 2.46. The molecule has 1 aromatic carbocycles. The van der Waals surface area contributed by atoms with E-state index in [2.05, 4.69) is 33.3 Å². The van der Waals surface area contributed by atoms with Gasteiger partial charge in [0.25, 0.3) is 0 Å². The SMILES string of the molecule is COc1ccc2c(c1)CCOC21CCN(Cc2nnc(C)s2)CC1. The van der Waals surface area contributed by atoms with Crippen LogP contribution in [0.2, 0.25) is 0 Å². The van der Waals surface area contributed by atoms with Crippen LogP contribution in [0, 0.1) is 6.92 Å². The number of ether oxygens (including phenoxy) is 2. The molecule has 0 bridgehead atoms. The summed E-state index contributed by atoms with van der Waals surface area (Å²) in [5.41, 5.74) is 2.63. The Morgan fingerprint density at radius 3 is 2.83 bits per heavy atom. The molecule has 2 aliphatic heterocycles. The van der Waals surface area contributed by atoms with Gasteiger partial charge in [0.15, 0.2) is 0 Å². The highest BCUT2D eigenvalue weighted by Gasteiger charge is 2.40. The van der Waals surface area contributed by atoms with E-state index in [1.165, 1.54) is 11.1 Å². The van der Waals surface area contributed by atoms with Crippen LogP contribution in [0.3, 0.4) is 0 Å². The summed E-state index contributed by atoms with van der Waals surface area (Å²) in [7, 11) is 1.73. The lowest BCUT2D eigenvalue weighted by Gasteiger charge is -2.45. The molecule has 1 saturated heterocycles. The maximum atomic E-state index is 6.32. The fourth-order valence-electron chi connectivity index (χ4n) is 3.86. The van der Waals surface area contributed by atoms with Crippen LogP contribution in [0.5, 0.6) is 5.75 Å². The summed E-state index contributed by atoms with van der Waals surface area (Å²) >= 11 is 1.69. The zero-order valence-electron chi connectivity index (χ0n) is 14.2. The standard InChI is InChI=1S/C18H23N3O2S/c1-13-19-20-17(24-13)12-21-8-6-18(7-9-21)16-4-3-15(22-2)11-14(16)5-10-23-18/h3-4,11H,5-10,12H2,1-2H3. The van der Waals surface area contributed by atoms with E-state index in [0.717, 1.165) is 61.3 Å². The number of aromatic nitrogens is 2. The second-order valence-electron chi connectivity index (χ2n) is 6.61. The zero-order valence-corrected chi connectivity index (χ0v) is 15.1. The molecule has 24 heavy (non-hydrogen) atoms. The van der Waals surface area contributed by atoms with Gasteiger partial charge < -0.3 is 9.47 Å². The van der Waals surface area contributed by atoms with Gasteiger partial charge in [-0.05, 0) is 49.4 Å². The van der Waals surface area contributed by atoms with Crippen molar-refractivity contribution < 1.29 is 9.47 Å². The predicted octanol–water partition coefficient (Wildman–Crippen LogP) is 2.92. The Balaban J connectivity index is 1.49. The fraction of sp³-hybridized carbons (Fsp3) is 0.556. The molecule has 2 aliphatic rings. The van der Waals surface area contributed by atoms with Gasteiger partial charge in [-0.15, -0.1) is 21.5 Å². The lowest BCUT2D eigenvalue weighted by atomic mass is 9.79. The van der Waals surface area contributed by atoms with E-state index in [-0.39, 0.29) is 5.60 Å². The van der Waals surface area contributed by atoms with Crippen molar-refractivity contribution in [2.45, 2.75) is 38.3 Å². The number of hydrogen-bond donors (Lipinski definition) is 0. The first-order valence-corrected chi connectivity index (χ1v) is 9.33. The van der Waals surface area contributed by atoms with Gasteiger partial charge in [0, 0.05) is 13.1 Å². The smallest absolute Gasteiger partial charge is 0.131 e. The van der Waals surface area contributed by atoms with Crippen molar-refractivity contribution in [1.82, 2.24) is 15.1 Å². The van der Waals surface area contributed by atoms with Gasteiger partial charge in [-0.1, -0.05) is 6.07 Å². The predicted molar refractivity (Wildman–Crippen MR) is 93.5 cm³/mol. The number of nitrogens with zero attached hydrogens (tertiary/aromatic N) is 3. The summed E-state index contributed by atoms with van der Waals surface area (Å²) in [6.07, 6.45) is 3.04. The molecule has 3 heterocycles. The number of hydrogen-bond acceptors (Lipinski definition) is 6. The van der Waals surface area contributed by atoms with Crippen molar-refractivity contribution in [3.8, 4) is 5.75 Å². The monoisotopic (exact) mass is 345 g/mol. The van der Waals surface area contributed by atoms with Crippen molar-refractivity contribution in [2.24, 2.45) is 0 Å². The number of aryl methyl sites for hydroxylation is 1. The van der Waals surface area contributed by atoms with Crippen LogP contribution in [0.15, 0.2) is 18.2 Å². The third kappa shape index (κ3) is 2.94. The number of rotatable bonds is 3. The molecule has 4 rings (SSSR count). The van der Waals surface area contributed by atoms with E-state index in [0.29, 0.717) is 0 Å². The van der Waals surface area contributed by atoms with E-state index in [4.69, 9.17) is 9.47 Å². The molecule has 1 fully saturated rings. The first kappa shape index (κ1) is 16.0. The molecule has 128 valence electrons. The van der Waals surface area contributed by atoms with E-state index in [1.54, 1.807) is 18.4 Å². The van der Waals surface area contributed by atoms with E-state index >= 15 is 0 Å². The van der Waals surface area contributed by atoms with Crippen LogP contribution in [0.4, 0.5) is 0 Å². The first-order chi connectivity index (χ1) is 11.7. The summed E-state index contributed by atoms with van der Waals surface area (Å²) < 4.78 is 11.7. The molecule has 0 aliphatic carbocycles. The highest BCUT2D eigenvalue weighted by Crippen LogP contribution is 2.42. The molecular formula is C18H23N3O2S. The van der Waals surface area contributed by atoms with Gasteiger partial charge in [0.05, 0.1) is 25.9 Å². The zero-order chi connectivity index (χ0) is 16.6. The average molecular weight is 345 g/mol. The van der Waals surface area contributed by atoms with Crippen molar-refractivity contribution >= 4 is 11.3 Å². The van der Waals surface area contributed by atoms with Gasteiger partial charge in [-0.2, -0.15) is 0 Å². The molecule has 1 aromatic heterocycles. The second kappa shape index (κ2) is 6.43. The third-order valence-electron chi connectivity index (χ3n) is 5.14. The van der Waals surface area contributed by atoms with Crippen LogP contribution in [0.1, 0.15) is 34.0 Å². The van der Waals surface area contributed by atoms with Crippen molar-refractivity contribution in [2.75, 3.05) is 26.8 Å². The largest absolute Gasteiger partial charge is 0.497 e. The summed E-state index contributed by atoms with van der Waals surface area (Å²) in [6, 6.07) is 6.44. The molecule has 5 nitrogen and oxygen atoms in total. The topological polar surface area (TPSA) is 47.5 Å². The molecule has 0 N–H and O–H groups in total. The lowest BCUT2D eigenvalue weighted by Crippen LogP contribution is -2.46. The number of likely N-dealkylation sites (tertiary alicyclic amines) is 1. The van der Waals surface area contributed by atoms with Crippen LogP contribution in [-0.4, -0.2) is 41.9 Å². The number of methoxy groups -OCH3 is 1. The number of benzene rings is 1. The number of piperidine rings is 1.